The van der Waals surface area contributed by atoms with Crippen molar-refractivity contribution >= 4 is 11.9 Å². The van der Waals surface area contributed by atoms with Crippen molar-refractivity contribution in [3.63, 3.8) is 0 Å². The topological polar surface area (TPSA) is 95.7 Å². The Kier molecular flexibility index (Phi) is 9.29. The summed E-state index contributed by atoms with van der Waals surface area (Å²) in [6, 6.07) is 0. The van der Waals surface area contributed by atoms with Crippen LogP contribution in [0.2, 0.25) is 0 Å². The highest BCUT2D eigenvalue weighted by Gasteiger charge is 2.38. The van der Waals surface area contributed by atoms with Crippen LogP contribution in [0.1, 0.15) is 0 Å². The minimum atomic E-state index is -5.08. The van der Waals surface area contributed by atoms with Gasteiger partial charge >= 0.3 is 12.1 Å². The number of amides is 1. The molecule has 0 aliphatic carbocycles. The zero-order chi connectivity index (χ0) is 14.1. The molecule has 0 fully saturated rings. The van der Waals surface area contributed by atoms with Crippen molar-refractivity contribution < 1.29 is 27.9 Å². The normalized spacial score (nSPS) is 10.5. The zero-order valence-electron chi connectivity index (χ0n) is 9.54. The second-order valence-corrected chi connectivity index (χ2v) is 3.18. The third kappa shape index (κ3) is 14.7. The Morgan fingerprint density at radius 2 is 1.76 bits per heavy atom. The van der Waals surface area contributed by atoms with Gasteiger partial charge in [-0.2, -0.15) is 13.2 Å². The maximum Gasteiger partial charge on any atom is 0.490 e. The first kappa shape index (κ1) is 18.0. The highest BCUT2D eigenvalue weighted by Crippen LogP contribution is 2.13. The number of aliphatic carboxylic acids is 1. The minimum Gasteiger partial charge on any atom is -0.475 e. The number of nitrogens with two attached hydrogens (primary N) is 1. The van der Waals surface area contributed by atoms with E-state index in [2.05, 4.69) is 5.32 Å². The number of rotatable bonds is 4. The van der Waals surface area contributed by atoms with E-state index >= 15 is 0 Å². The third-order valence-electron chi connectivity index (χ3n) is 1.17. The first-order valence-electron chi connectivity index (χ1n) is 4.52. The maximum absolute atomic E-state index is 10.8. The van der Waals surface area contributed by atoms with Crippen LogP contribution in [0.4, 0.5) is 13.2 Å². The first-order chi connectivity index (χ1) is 7.61. The van der Waals surface area contributed by atoms with E-state index in [0.29, 0.717) is 19.6 Å². The molecule has 102 valence electrons. The Morgan fingerprint density at radius 1 is 1.35 bits per heavy atom. The predicted octanol–water partition coefficient (Wildman–Crippen LogP) is -0.744. The largest absolute Gasteiger partial charge is 0.490 e. The summed E-state index contributed by atoms with van der Waals surface area (Å²) >= 11 is 0. The fraction of sp³-hybridized carbons (Fsp3) is 0.750. The van der Waals surface area contributed by atoms with Crippen molar-refractivity contribution in [2.45, 2.75) is 6.18 Å². The van der Waals surface area contributed by atoms with E-state index in [4.69, 9.17) is 15.6 Å². The lowest BCUT2D eigenvalue weighted by Crippen LogP contribution is -2.35. The number of carboxylic acids is 1. The van der Waals surface area contributed by atoms with Crippen LogP contribution in [0.25, 0.3) is 0 Å². The summed E-state index contributed by atoms with van der Waals surface area (Å²) in [5.41, 5.74) is 5.18. The quantitative estimate of drug-likeness (QED) is 0.618. The summed E-state index contributed by atoms with van der Waals surface area (Å²) in [5, 5.41) is 9.78. The SMILES string of the molecule is CN(C)CC(=O)NCCN.O=C(O)C(F)(F)F. The number of hydrogen-bond donors (Lipinski definition) is 3. The Labute approximate surface area is 96.6 Å². The Hall–Kier alpha value is -1.35. The van der Waals surface area contributed by atoms with Crippen LogP contribution >= 0.6 is 0 Å². The smallest absolute Gasteiger partial charge is 0.475 e. The fourth-order valence-electron chi connectivity index (χ4n) is 0.555. The molecule has 0 spiro atoms. The molecule has 0 radical (unpaired) electrons. The van der Waals surface area contributed by atoms with E-state index in [0.717, 1.165) is 0 Å². The predicted molar refractivity (Wildman–Crippen MR) is 54.3 cm³/mol. The van der Waals surface area contributed by atoms with E-state index in [-0.39, 0.29) is 5.91 Å². The van der Waals surface area contributed by atoms with E-state index in [9.17, 15) is 18.0 Å². The number of likely N-dealkylation sites (N-methyl/N-ethyl adjacent to an activating group) is 1. The van der Waals surface area contributed by atoms with Gasteiger partial charge in [0.2, 0.25) is 5.91 Å². The molecule has 0 rings (SSSR count). The van der Waals surface area contributed by atoms with Gasteiger partial charge in [0.25, 0.3) is 0 Å². The highest BCUT2D eigenvalue weighted by atomic mass is 19.4. The number of halogens is 3. The maximum atomic E-state index is 10.8. The average molecular weight is 259 g/mol. The molecule has 0 saturated carbocycles. The molecular formula is C8H16F3N3O3. The highest BCUT2D eigenvalue weighted by molar-refractivity contribution is 5.77. The summed E-state index contributed by atoms with van der Waals surface area (Å²) in [4.78, 5) is 21.5. The van der Waals surface area contributed by atoms with Crippen molar-refractivity contribution in [1.82, 2.24) is 10.2 Å². The molecule has 0 bridgehead atoms. The summed E-state index contributed by atoms with van der Waals surface area (Å²) < 4.78 is 31.7. The van der Waals surface area contributed by atoms with Crippen molar-refractivity contribution in [3.05, 3.63) is 0 Å². The van der Waals surface area contributed by atoms with Gasteiger partial charge in [0.05, 0.1) is 6.54 Å². The molecule has 0 unspecified atom stereocenters. The van der Waals surface area contributed by atoms with Crippen molar-refractivity contribution in [2.75, 3.05) is 33.7 Å². The molecule has 0 aromatic carbocycles. The van der Waals surface area contributed by atoms with Gasteiger partial charge < -0.3 is 21.1 Å². The molecule has 0 atom stereocenters. The number of carboxylic acid groups (broad SMARTS) is 1. The second kappa shape index (κ2) is 8.76. The van der Waals surface area contributed by atoms with Gasteiger partial charge in [-0.25, -0.2) is 4.79 Å². The van der Waals surface area contributed by atoms with Crippen LogP contribution in [0.3, 0.4) is 0 Å². The summed E-state index contributed by atoms with van der Waals surface area (Å²) in [7, 11) is 3.70. The Bertz CT molecular complexity index is 244. The number of nitrogens with zero attached hydrogens (tertiary/aromatic N) is 1. The zero-order valence-corrected chi connectivity index (χ0v) is 9.54. The molecule has 0 aromatic heterocycles. The lowest BCUT2D eigenvalue weighted by atomic mass is 10.5. The van der Waals surface area contributed by atoms with Crippen LogP contribution in [-0.4, -0.2) is 61.8 Å². The van der Waals surface area contributed by atoms with E-state index in [1.165, 1.54) is 0 Å². The molecule has 0 aromatic rings. The number of alkyl halides is 3. The fourth-order valence-corrected chi connectivity index (χ4v) is 0.555. The molecule has 0 heterocycles. The van der Waals surface area contributed by atoms with Crippen molar-refractivity contribution in [2.24, 2.45) is 5.73 Å². The van der Waals surface area contributed by atoms with Crippen molar-refractivity contribution in [1.29, 1.82) is 0 Å². The first-order valence-corrected chi connectivity index (χ1v) is 4.52. The van der Waals surface area contributed by atoms with Gasteiger partial charge in [-0.15, -0.1) is 0 Å². The van der Waals surface area contributed by atoms with E-state index in [1.54, 1.807) is 0 Å². The third-order valence-corrected chi connectivity index (χ3v) is 1.17. The van der Waals surface area contributed by atoms with Crippen LogP contribution in [0.15, 0.2) is 0 Å². The van der Waals surface area contributed by atoms with Gasteiger partial charge in [-0.3, -0.25) is 4.79 Å². The van der Waals surface area contributed by atoms with Crippen LogP contribution in [0, 0.1) is 0 Å². The molecule has 6 nitrogen and oxygen atoms in total. The second-order valence-electron chi connectivity index (χ2n) is 3.18. The van der Waals surface area contributed by atoms with Gasteiger partial charge in [0, 0.05) is 13.1 Å². The lowest BCUT2D eigenvalue weighted by molar-refractivity contribution is -0.192. The number of hydrogen-bond acceptors (Lipinski definition) is 4. The van der Waals surface area contributed by atoms with Gasteiger partial charge in [-0.1, -0.05) is 0 Å². The molecule has 0 aliphatic heterocycles. The molecule has 4 N–H and O–H groups in total. The van der Waals surface area contributed by atoms with Crippen LogP contribution in [-0.2, 0) is 9.59 Å². The monoisotopic (exact) mass is 259 g/mol. The van der Waals surface area contributed by atoms with Gasteiger partial charge in [0.15, 0.2) is 0 Å². The summed E-state index contributed by atoms with van der Waals surface area (Å²) in [6.07, 6.45) is -5.08. The van der Waals surface area contributed by atoms with E-state index in [1.807, 2.05) is 19.0 Å². The van der Waals surface area contributed by atoms with Crippen LogP contribution < -0.4 is 11.1 Å². The summed E-state index contributed by atoms with van der Waals surface area (Å²) in [6.45, 7) is 1.49. The number of carbonyl (C=O) groups excluding carboxylic acids is 1. The number of carbonyl (C=O) groups is 2. The molecule has 1 amide bonds. The van der Waals surface area contributed by atoms with Gasteiger partial charge in [-0.05, 0) is 14.1 Å². The molecule has 0 aliphatic rings. The Morgan fingerprint density at radius 3 is 2.00 bits per heavy atom. The standard InChI is InChI=1S/C6H15N3O.C2HF3O2/c1-9(2)5-6(10)8-4-3-7;3-2(4,5)1(6)7/h3-5,7H2,1-2H3,(H,8,10);(H,6,7). The molecule has 9 heteroatoms. The average Bonchev–Trinajstić information content (AvgIpc) is 2.13. The molecule has 0 saturated heterocycles. The van der Waals surface area contributed by atoms with Gasteiger partial charge in [0.1, 0.15) is 0 Å². The molecule has 17 heavy (non-hydrogen) atoms. The summed E-state index contributed by atoms with van der Waals surface area (Å²) in [5.74, 6) is -2.73. The molecular weight excluding hydrogens is 243 g/mol. The Balaban J connectivity index is 0. The minimum absolute atomic E-state index is 0.0236. The van der Waals surface area contributed by atoms with Crippen LogP contribution in [0.5, 0.6) is 0 Å². The van der Waals surface area contributed by atoms with E-state index < -0.39 is 12.1 Å². The van der Waals surface area contributed by atoms with Crippen molar-refractivity contribution in [3.8, 4) is 0 Å². The lowest BCUT2D eigenvalue weighted by Gasteiger charge is -2.08. The number of nitrogens with one attached hydrogen (secondary N) is 1.